The number of benzene rings is 1. The largest absolute Gasteiger partial charge is 0.490 e. The molecule has 1 aliphatic rings. The van der Waals surface area contributed by atoms with Gasteiger partial charge in [0.1, 0.15) is 22.6 Å². The third-order valence-electron chi connectivity index (χ3n) is 5.74. The first-order chi connectivity index (χ1) is 19.0. The van der Waals surface area contributed by atoms with E-state index in [2.05, 4.69) is 31.5 Å². The van der Waals surface area contributed by atoms with Gasteiger partial charge in [0.15, 0.2) is 3.92 Å². The Morgan fingerprint density at radius 2 is 1.80 bits per heavy atom. The number of aromatic nitrogens is 2. The molecule has 3 aromatic rings. The Bertz CT molecular complexity index is 1500. The summed E-state index contributed by atoms with van der Waals surface area (Å²) in [6.45, 7) is 4.50. The Kier molecular flexibility index (Phi) is 10.3. The lowest BCUT2D eigenvalue weighted by molar-refractivity contribution is -0.192. The number of amides is 1. The monoisotopic (exact) mass is 691 g/mol. The summed E-state index contributed by atoms with van der Waals surface area (Å²) in [5.41, 5.74) is 0.476. The van der Waals surface area contributed by atoms with E-state index in [0.29, 0.717) is 39.6 Å². The van der Waals surface area contributed by atoms with Crippen LogP contribution in [0.5, 0.6) is 0 Å². The molecular formula is C23H21BrClF6N5O4S. The summed E-state index contributed by atoms with van der Waals surface area (Å²) in [7, 11) is 0. The molecule has 18 heteroatoms. The summed E-state index contributed by atoms with van der Waals surface area (Å²) in [6, 6.07) is 2.76. The van der Waals surface area contributed by atoms with E-state index in [9.17, 15) is 35.9 Å². The van der Waals surface area contributed by atoms with Crippen molar-refractivity contribution in [1.82, 2.24) is 14.9 Å². The fraction of sp³-hybridized carbons (Fsp3) is 0.391. The van der Waals surface area contributed by atoms with Crippen LogP contribution in [-0.4, -0.2) is 58.9 Å². The lowest BCUT2D eigenvalue weighted by atomic mass is 10.1. The molecule has 0 aliphatic carbocycles. The van der Waals surface area contributed by atoms with Crippen LogP contribution < -0.4 is 21.0 Å². The SMILES string of the molecule is CCc1c(N2CCNCC2)c(=O)c2nc(Br)sc2n1CC(=O)Nc1ccc(C(F)(F)F)cc1Cl.O=C(O)C(F)(F)F. The Labute approximate surface area is 245 Å². The van der Waals surface area contributed by atoms with Crippen LogP contribution in [0.15, 0.2) is 26.9 Å². The number of nitrogens with one attached hydrogen (secondary N) is 2. The van der Waals surface area contributed by atoms with Crippen LogP contribution in [0, 0.1) is 0 Å². The molecule has 0 radical (unpaired) electrons. The molecule has 1 aliphatic heterocycles. The van der Waals surface area contributed by atoms with Gasteiger partial charge in [-0.05, 0) is 40.5 Å². The number of carbonyl (C=O) groups excluding carboxylic acids is 1. The van der Waals surface area contributed by atoms with Gasteiger partial charge in [-0.2, -0.15) is 26.3 Å². The summed E-state index contributed by atoms with van der Waals surface area (Å²) < 4.78 is 72.8. The predicted octanol–water partition coefficient (Wildman–Crippen LogP) is 5.14. The summed E-state index contributed by atoms with van der Waals surface area (Å²) >= 11 is 10.6. The summed E-state index contributed by atoms with van der Waals surface area (Å²) in [5, 5.41) is 12.8. The highest BCUT2D eigenvalue weighted by Gasteiger charge is 2.38. The molecule has 224 valence electrons. The minimum Gasteiger partial charge on any atom is -0.475 e. The number of carbonyl (C=O) groups is 2. The van der Waals surface area contributed by atoms with Crippen molar-refractivity contribution in [2.75, 3.05) is 36.4 Å². The number of anilines is 2. The minimum absolute atomic E-state index is 0.0721. The van der Waals surface area contributed by atoms with E-state index in [1.54, 1.807) is 4.57 Å². The van der Waals surface area contributed by atoms with Crippen molar-refractivity contribution in [3.63, 3.8) is 0 Å². The Morgan fingerprint density at radius 3 is 2.32 bits per heavy atom. The predicted molar refractivity (Wildman–Crippen MR) is 145 cm³/mol. The van der Waals surface area contributed by atoms with E-state index >= 15 is 0 Å². The summed E-state index contributed by atoms with van der Waals surface area (Å²) in [4.78, 5) is 42.1. The number of piperazine rings is 1. The first kappa shape index (κ1) is 32.6. The second-order valence-electron chi connectivity index (χ2n) is 8.47. The number of nitrogens with zero attached hydrogens (tertiary/aromatic N) is 3. The average Bonchev–Trinajstić information content (AvgIpc) is 3.28. The smallest absolute Gasteiger partial charge is 0.475 e. The number of hydrogen-bond donors (Lipinski definition) is 3. The molecule has 1 amide bonds. The zero-order valence-electron chi connectivity index (χ0n) is 20.9. The van der Waals surface area contributed by atoms with Crippen molar-refractivity contribution in [2.24, 2.45) is 0 Å². The number of carboxylic acids is 1. The molecule has 0 bridgehead atoms. The van der Waals surface area contributed by atoms with Gasteiger partial charge in [0.2, 0.25) is 11.3 Å². The van der Waals surface area contributed by atoms with Gasteiger partial charge in [0.05, 0.1) is 16.3 Å². The third-order valence-corrected chi connectivity index (χ3v) is 7.58. The normalized spacial score (nSPS) is 14.0. The second kappa shape index (κ2) is 13.0. The minimum atomic E-state index is -5.08. The van der Waals surface area contributed by atoms with E-state index in [0.717, 1.165) is 31.3 Å². The van der Waals surface area contributed by atoms with Crippen LogP contribution in [0.1, 0.15) is 18.2 Å². The summed E-state index contributed by atoms with van der Waals surface area (Å²) in [6.07, 6.45) is -9.13. The molecule has 1 saturated heterocycles. The molecule has 9 nitrogen and oxygen atoms in total. The fourth-order valence-electron chi connectivity index (χ4n) is 3.98. The van der Waals surface area contributed by atoms with Crippen LogP contribution >= 0.6 is 38.9 Å². The van der Waals surface area contributed by atoms with Crippen molar-refractivity contribution >= 4 is 72.5 Å². The molecular weight excluding hydrogens is 672 g/mol. The molecule has 2 aromatic heterocycles. The number of pyridine rings is 1. The number of rotatable bonds is 5. The van der Waals surface area contributed by atoms with E-state index in [1.807, 2.05) is 11.8 Å². The zero-order chi connectivity index (χ0) is 30.7. The standard InChI is InChI=1S/C21H20BrClF3N5O2S.C2HF3O2/c1-2-14-17(30-7-5-27-6-8-30)18(33)16-19(34-20(22)29-16)31(14)10-15(32)28-13-4-3-11(9-12(13)23)21(24,25)26;3-2(4,5)1(6)7/h3-4,9,27H,2,5-8,10H2,1H3,(H,28,32);(H,6,7). The van der Waals surface area contributed by atoms with Gasteiger partial charge < -0.3 is 25.2 Å². The lowest BCUT2D eigenvalue weighted by Gasteiger charge is -2.31. The maximum Gasteiger partial charge on any atom is 0.490 e. The number of aliphatic carboxylic acids is 1. The van der Waals surface area contributed by atoms with Gasteiger partial charge in [-0.1, -0.05) is 29.9 Å². The number of thiazole rings is 1. The van der Waals surface area contributed by atoms with E-state index in [-0.39, 0.29) is 28.2 Å². The van der Waals surface area contributed by atoms with Crippen molar-refractivity contribution in [3.8, 4) is 0 Å². The van der Waals surface area contributed by atoms with Crippen molar-refractivity contribution in [1.29, 1.82) is 0 Å². The van der Waals surface area contributed by atoms with Gasteiger partial charge >= 0.3 is 18.3 Å². The zero-order valence-corrected chi connectivity index (χ0v) is 24.1. The van der Waals surface area contributed by atoms with Crippen molar-refractivity contribution < 1.29 is 41.0 Å². The third kappa shape index (κ3) is 7.90. The molecule has 0 spiro atoms. The molecule has 4 rings (SSSR count). The highest BCUT2D eigenvalue weighted by atomic mass is 79.9. The van der Waals surface area contributed by atoms with Gasteiger partial charge in [-0.3, -0.25) is 9.59 Å². The van der Waals surface area contributed by atoms with E-state index < -0.39 is 29.8 Å². The van der Waals surface area contributed by atoms with Crippen molar-refractivity contribution in [2.45, 2.75) is 32.2 Å². The van der Waals surface area contributed by atoms with E-state index in [4.69, 9.17) is 21.5 Å². The number of fused-ring (bicyclic) bond motifs is 1. The molecule has 1 aromatic carbocycles. The van der Waals surface area contributed by atoms with Crippen LogP contribution in [0.3, 0.4) is 0 Å². The Balaban J connectivity index is 0.000000587. The Hall–Kier alpha value is -2.89. The van der Waals surface area contributed by atoms with Gasteiger partial charge in [-0.25, -0.2) is 9.78 Å². The number of alkyl halides is 6. The van der Waals surface area contributed by atoms with Crippen molar-refractivity contribution in [3.05, 3.63) is 48.6 Å². The first-order valence-corrected chi connectivity index (χ1v) is 13.7. The maximum absolute atomic E-state index is 13.3. The maximum atomic E-state index is 13.3. The molecule has 1 fully saturated rings. The summed E-state index contributed by atoms with van der Waals surface area (Å²) in [5.74, 6) is -3.25. The number of halogens is 8. The number of carboxylic acid groups (broad SMARTS) is 1. The average molecular weight is 693 g/mol. The van der Waals surface area contributed by atoms with Gasteiger partial charge in [-0.15, -0.1) is 0 Å². The number of hydrogen-bond acceptors (Lipinski definition) is 7. The highest BCUT2D eigenvalue weighted by Crippen LogP contribution is 2.34. The lowest BCUT2D eigenvalue weighted by Crippen LogP contribution is -2.46. The van der Waals surface area contributed by atoms with Gasteiger partial charge in [0.25, 0.3) is 0 Å². The first-order valence-electron chi connectivity index (χ1n) is 11.7. The Morgan fingerprint density at radius 1 is 1.20 bits per heavy atom. The quantitative estimate of drug-likeness (QED) is 0.318. The second-order valence-corrected chi connectivity index (χ2v) is 11.1. The van der Waals surface area contributed by atoms with Crippen LogP contribution in [0.25, 0.3) is 10.3 Å². The van der Waals surface area contributed by atoms with E-state index in [1.165, 1.54) is 11.3 Å². The fourth-order valence-corrected chi connectivity index (χ4v) is 5.66. The van der Waals surface area contributed by atoms with Crippen LogP contribution in [0.2, 0.25) is 5.02 Å². The highest BCUT2D eigenvalue weighted by molar-refractivity contribution is 9.11. The van der Waals surface area contributed by atoms with Gasteiger partial charge in [0, 0.05) is 31.9 Å². The molecule has 3 heterocycles. The molecule has 0 saturated carbocycles. The topological polar surface area (TPSA) is 117 Å². The molecule has 41 heavy (non-hydrogen) atoms. The molecule has 0 unspecified atom stereocenters. The molecule has 3 N–H and O–H groups in total. The van der Waals surface area contributed by atoms with Crippen LogP contribution in [-0.2, 0) is 28.7 Å². The van der Waals surface area contributed by atoms with Crippen LogP contribution in [0.4, 0.5) is 37.7 Å². The molecule has 0 atom stereocenters.